The Morgan fingerprint density at radius 3 is 2.73 bits per heavy atom. The van der Waals surface area contributed by atoms with Gasteiger partial charge >= 0.3 is 5.97 Å². The van der Waals surface area contributed by atoms with Crippen molar-refractivity contribution in [2.45, 2.75) is 44.8 Å². The highest BCUT2D eigenvalue weighted by Crippen LogP contribution is 2.21. The molecule has 1 aliphatic carbocycles. The molecule has 1 aliphatic rings. The monoisotopic (exact) mass is 215 g/mol. The fourth-order valence-corrected chi connectivity index (χ4v) is 1.58. The number of rotatable bonds is 7. The van der Waals surface area contributed by atoms with Crippen molar-refractivity contribution in [1.29, 1.82) is 0 Å². The van der Waals surface area contributed by atoms with E-state index in [-0.39, 0.29) is 12.0 Å². The number of carbonyl (C=O) groups excluding carboxylic acids is 1. The SMILES string of the molecule is CCNC(CCOC1CCC1)C(=O)OC. The van der Waals surface area contributed by atoms with Crippen LogP contribution in [0.2, 0.25) is 0 Å². The molecule has 0 aromatic heterocycles. The highest BCUT2D eigenvalue weighted by molar-refractivity contribution is 5.75. The number of esters is 1. The summed E-state index contributed by atoms with van der Waals surface area (Å²) in [6.45, 7) is 3.38. The van der Waals surface area contributed by atoms with E-state index in [2.05, 4.69) is 5.32 Å². The Morgan fingerprint density at radius 2 is 2.27 bits per heavy atom. The largest absolute Gasteiger partial charge is 0.468 e. The third-order valence-corrected chi connectivity index (χ3v) is 2.75. The van der Waals surface area contributed by atoms with Crippen molar-refractivity contribution in [3.8, 4) is 0 Å². The van der Waals surface area contributed by atoms with Crippen molar-refractivity contribution in [1.82, 2.24) is 5.32 Å². The quantitative estimate of drug-likeness (QED) is 0.646. The van der Waals surface area contributed by atoms with Crippen LogP contribution in [0, 0.1) is 0 Å². The van der Waals surface area contributed by atoms with Gasteiger partial charge < -0.3 is 14.8 Å². The van der Waals surface area contributed by atoms with Crippen LogP contribution in [-0.4, -0.2) is 38.4 Å². The lowest BCUT2D eigenvalue weighted by Gasteiger charge is -2.26. The van der Waals surface area contributed by atoms with Gasteiger partial charge in [-0.05, 0) is 32.2 Å². The van der Waals surface area contributed by atoms with Crippen LogP contribution in [0.1, 0.15) is 32.6 Å². The van der Waals surface area contributed by atoms with Crippen molar-refractivity contribution in [2.24, 2.45) is 0 Å². The van der Waals surface area contributed by atoms with Crippen molar-refractivity contribution in [2.75, 3.05) is 20.3 Å². The molecule has 0 saturated heterocycles. The number of nitrogens with one attached hydrogen (secondary N) is 1. The smallest absolute Gasteiger partial charge is 0.322 e. The molecule has 0 aromatic rings. The average molecular weight is 215 g/mol. The molecule has 0 radical (unpaired) electrons. The third-order valence-electron chi connectivity index (χ3n) is 2.75. The molecule has 1 N–H and O–H groups in total. The van der Waals surface area contributed by atoms with E-state index in [0.717, 1.165) is 6.54 Å². The maximum absolute atomic E-state index is 11.3. The molecule has 0 aromatic carbocycles. The summed E-state index contributed by atoms with van der Waals surface area (Å²) in [7, 11) is 1.42. The Hall–Kier alpha value is -0.610. The second-order valence-corrected chi connectivity index (χ2v) is 3.85. The molecular formula is C11H21NO3. The lowest BCUT2D eigenvalue weighted by atomic mass is 9.96. The first-order valence-electron chi connectivity index (χ1n) is 5.70. The Bertz CT molecular complexity index is 192. The molecule has 1 unspecified atom stereocenters. The van der Waals surface area contributed by atoms with E-state index in [4.69, 9.17) is 9.47 Å². The van der Waals surface area contributed by atoms with Crippen LogP contribution >= 0.6 is 0 Å². The molecule has 0 heterocycles. The second kappa shape index (κ2) is 6.80. The Kier molecular flexibility index (Phi) is 5.65. The topological polar surface area (TPSA) is 47.6 Å². The number of hydrogen-bond acceptors (Lipinski definition) is 4. The Morgan fingerprint density at radius 1 is 1.53 bits per heavy atom. The first kappa shape index (κ1) is 12.5. The van der Waals surface area contributed by atoms with Gasteiger partial charge in [-0.2, -0.15) is 0 Å². The first-order valence-corrected chi connectivity index (χ1v) is 5.70. The van der Waals surface area contributed by atoms with Gasteiger partial charge in [-0.25, -0.2) is 0 Å². The van der Waals surface area contributed by atoms with Crippen LogP contribution in [0.5, 0.6) is 0 Å². The van der Waals surface area contributed by atoms with Gasteiger partial charge in [0, 0.05) is 6.61 Å². The second-order valence-electron chi connectivity index (χ2n) is 3.85. The first-order chi connectivity index (χ1) is 7.27. The predicted octanol–water partition coefficient (Wildman–Crippen LogP) is 1.10. The van der Waals surface area contributed by atoms with Crippen molar-refractivity contribution >= 4 is 5.97 Å². The molecule has 1 rings (SSSR count). The lowest BCUT2D eigenvalue weighted by Crippen LogP contribution is -2.39. The fraction of sp³-hybridized carbons (Fsp3) is 0.909. The molecule has 15 heavy (non-hydrogen) atoms. The van der Waals surface area contributed by atoms with Gasteiger partial charge in [0.05, 0.1) is 13.2 Å². The molecule has 0 bridgehead atoms. The third kappa shape index (κ3) is 4.18. The summed E-state index contributed by atoms with van der Waals surface area (Å²) in [5, 5.41) is 3.09. The van der Waals surface area contributed by atoms with Gasteiger partial charge in [-0.15, -0.1) is 0 Å². The zero-order valence-corrected chi connectivity index (χ0v) is 9.62. The summed E-state index contributed by atoms with van der Waals surface area (Å²) in [5.41, 5.74) is 0. The van der Waals surface area contributed by atoms with Crippen LogP contribution in [0.3, 0.4) is 0 Å². The zero-order chi connectivity index (χ0) is 11.1. The number of carbonyl (C=O) groups is 1. The van der Waals surface area contributed by atoms with E-state index in [9.17, 15) is 4.79 Å². The molecular weight excluding hydrogens is 194 g/mol. The van der Waals surface area contributed by atoms with Gasteiger partial charge in [-0.3, -0.25) is 4.79 Å². The number of ether oxygens (including phenoxy) is 2. The maximum atomic E-state index is 11.3. The predicted molar refractivity (Wildman–Crippen MR) is 57.7 cm³/mol. The van der Waals surface area contributed by atoms with Gasteiger partial charge in [0.25, 0.3) is 0 Å². The van der Waals surface area contributed by atoms with E-state index < -0.39 is 0 Å². The van der Waals surface area contributed by atoms with E-state index in [1.807, 2.05) is 6.92 Å². The number of likely N-dealkylation sites (N-methyl/N-ethyl adjacent to an activating group) is 1. The van der Waals surface area contributed by atoms with Crippen LogP contribution in [0.4, 0.5) is 0 Å². The summed E-state index contributed by atoms with van der Waals surface area (Å²) in [4.78, 5) is 11.3. The van der Waals surface area contributed by atoms with Crippen molar-refractivity contribution in [3.63, 3.8) is 0 Å². The summed E-state index contributed by atoms with van der Waals surface area (Å²) in [6.07, 6.45) is 4.74. The summed E-state index contributed by atoms with van der Waals surface area (Å²) in [6, 6.07) is -0.222. The molecule has 0 spiro atoms. The Balaban J connectivity index is 2.14. The lowest BCUT2D eigenvalue weighted by molar-refractivity contribution is -0.144. The average Bonchev–Trinajstić information content (AvgIpc) is 2.19. The molecule has 1 fully saturated rings. The maximum Gasteiger partial charge on any atom is 0.322 e. The van der Waals surface area contributed by atoms with E-state index in [1.54, 1.807) is 0 Å². The minimum Gasteiger partial charge on any atom is -0.468 e. The van der Waals surface area contributed by atoms with Crippen molar-refractivity contribution in [3.05, 3.63) is 0 Å². The van der Waals surface area contributed by atoms with Crippen LogP contribution in [-0.2, 0) is 14.3 Å². The summed E-state index contributed by atoms with van der Waals surface area (Å²) < 4.78 is 10.3. The van der Waals surface area contributed by atoms with Crippen LogP contribution < -0.4 is 5.32 Å². The minimum absolute atomic E-state index is 0.200. The zero-order valence-electron chi connectivity index (χ0n) is 9.62. The number of hydrogen-bond donors (Lipinski definition) is 1. The number of methoxy groups -OCH3 is 1. The molecule has 1 atom stereocenters. The van der Waals surface area contributed by atoms with Gasteiger partial charge in [0.1, 0.15) is 6.04 Å². The highest BCUT2D eigenvalue weighted by Gasteiger charge is 2.21. The van der Waals surface area contributed by atoms with Gasteiger partial charge in [0.15, 0.2) is 0 Å². The van der Waals surface area contributed by atoms with E-state index in [1.165, 1.54) is 26.4 Å². The van der Waals surface area contributed by atoms with E-state index in [0.29, 0.717) is 19.1 Å². The summed E-state index contributed by atoms with van der Waals surface area (Å²) in [5.74, 6) is -0.200. The minimum atomic E-state index is -0.222. The molecule has 88 valence electrons. The van der Waals surface area contributed by atoms with Gasteiger partial charge in [-0.1, -0.05) is 6.92 Å². The van der Waals surface area contributed by atoms with Crippen LogP contribution in [0.15, 0.2) is 0 Å². The Labute approximate surface area is 91.3 Å². The summed E-state index contributed by atoms with van der Waals surface area (Å²) >= 11 is 0. The van der Waals surface area contributed by atoms with E-state index >= 15 is 0 Å². The van der Waals surface area contributed by atoms with Crippen molar-refractivity contribution < 1.29 is 14.3 Å². The standard InChI is InChI=1S/C11H21NO3/c1-3-12-10(11(13)14-2)7-8-15-9-5-4-6-9/h9-10,12H,3-8H2,1-2H3. The van der Waals surface area contributed by atoms with Crippen LogP contribution in [0.25, 0.3) is 0 Å². The highest BCUT2D eigenvalue weighted by atomic mass is 16.5. The van der Waals surface area contributed by atoms with Gasteiger partial charge in [0.2, 0.25) is 0 Å². The normalized spacial score (nSPS) is 18.3. The molecule has 4 heteroatoms. The molecule has 0 amide bonds. The molecule has 1 saturated carbocycles. The molecule has 0 aliphatic heterocycles. The molecule has 4 nitrogen and oxygen atoms in total. The fourth-order valence-electron chi connectivity index (χ4n) is 1.58.